The molecule has 5 rings (SSSR count). The van der Waals surface area contributed by atoms with Crippen LogP contribution < -0.4 is 0 Å². The highest BCUT2D eigenvalue weighted by Crippen LogP contribution is 2.50. The Bertz CT molecular complexity index is 1200. The minimum atomic E-state index is -0.257. The van der Waals surface area contributed by atoms with Crippen molar-refractivity contribution in [3.8, 4) is 6.07 Å². The van der Waals surface area contributed by atoms with E-state index in [1.54, 1.807) is 6.08 Å². The first-order valence-corrected chi connectivity index (χ1v) is 10.1. The molecule has 1 unspecified atom stereocenters. The van der Waals surface area contributed by atoms with Gasteiger partial charge in [-0.3, -0.25) is 0 Å². The number of nitrogens with zero attached hydrogens (tertiary/aromatic N) is 3. The third-order valence-electron chi connectivity index (χ3n) is 6.31. The number of aliphatic hydroxyl groups excluding tert-OH is 1. The zero-order valence-corrected chi connectivity index (χ0v) is 16.6. The van der Waals surface area contributed by atoms with Crippen LogP contribution in [0.4, 0.5) is 10.1 Å². The second kappa shape index (κ2) is 7.07. The van der Waals surface area contributed by atoms with Gasteiger partial charge in [0.1, 0.15) is 17.3 Å². The fourth-order valence-corrected chi connectivity index (χ4v) is 4.83. The van der Waals surface area contributed by atoms with Gasteiger partial charge in [0, 0.05) is 23.6 Å². The minimum Gasteiger partial charge on any atom is -0.508 e. The molecule has 2 aromatic rings. The predicted octanol–water partition coefficient (Wildman–Crippen LogP) is 6.15. The van der Waals surface area contributed by atoms with Crippen LogP contribution in [0.25, 0.3) is 0 Å². The van der Waals surface area contributed by atoms with Crippen LogP contribution in [0.3, 0.4) is 0 Å². The number of azo groups is 2. The van der Waals surface area contributed by atoms with Crippen molar-refractivity contribution in [1.82, 2.24) is 0 Å². The maximum atomic E-state index is 13.6. The van der Waals surface area contributed by atoms with Crippen LogP contribution in [0.15, 0.2) is 82.8 Å². The Hall–Kier alpha value is -3.52. The number of aryl methyl sites for hydroxylation is 1. The van der Waals surface area contributed by atoms with Crippen molar-refractivity contribution < 1.29 is 14.2 Å². The molecule has 2 aromatic carbocycles. The highest BCUT2D eigenvalue weighted by molar-refractivity contribution is 5.46. The molecule has 0 amide bonds. The molecule has 30 heavy (non-hydrogen) atoms. The van der Waals surface area contributed by atoms with E-state index in [2.05, 4.69) is 6.07 Å². The summed E-state index contributed by atoms with van der Waals surface area (Å²) >= 11 is 0. The molecule has 0 saturated carbocycles. The van der Waals surface area contributed by atoms with Gasteiger partial charge in [0.15, 0.2) is 0 Å². The van der Waals surface area contributed by atoms with Crippen LogP contribution in [0.5, 0.6) is 0 Å². The Morgan fingerprint density at radius 3 is 2.67 bits per heavy atom. The normalized spacial score (nSPS) is 24.6. The number of allylic oxidation sites excluding steroid dienone is 4. The van der Waals surface area contributed by atoms with E-state index in [0.717, 1.165) is 40.9 Å². The van der Waals surface area contributed by atoms with Crippen LogP contribution in [0, 0.1) is 35.9 Å². The lowest BCUT2D eigenvalue weighted by atomic mass is 9.74. The van der Waals surface area contributed by atoms with Gasteiger partial charge in [0.25, 0.3) is 0 Å². The van der Waals surface area contributed by atoms with E-state index in [1.807, 2.05) is 54.1 Å². The van der Waals surface area contributed by atoms with E-state index in [9.17, 15) is 14.8 Å². The number of nitriles is 1. The summed E-state index contributed by atoms with van der Waals surface area (Å²) in [4.78, 5) is 0. The van der Waals surface area contributed by atoms with Crippen LogP contribution in [0.1, 0.15) is 35.6 Å². The van der Waals surface area contributed by atoms with E-state index in [4.69, 9.17) is 5.11 Å². The summed E-state index contributed by atoms with van der Waals surface area (Å²) in [7, 11) is 0. The zero-order chi connectivity index (χ0) is 20.8. The number of hydrogen-bond donors (Lipinski definition) is 1. The average Bonchev–Trinajstić information content (AvgIpc) is 3.14. The van der Waals surface area contributed by atoms with Gasteiger partial charge in [0.05, 0.1) is 17.6 Å². The molecular formula is C25H21FN3O+. The van der Waals surface area contributed by atoms with Gasteiger partial charge in [-0.1, -0.05) is 10.8 Å². The van der Waals surface area contributed by atoms with E-state index >= 15 is 0 Å². The number of halogens is 1. The largest absolute Gasteiger partial charge is 0.508 e. The summed E-state index contributed by atoms with van der Waals surface area (Å²) < 4.78 is 15.6. The molecule has 0 fully saturated rings. The first-order valence-electron chi connectivity index (χ1n) is 10.1. The SMILES string of the molecule is Cc1cc([N+]2=NC3=C4C=CC(O)=CC4CC[C@H]3[C@H]2c2ccc(F)cc2)ccc1C#N. The maximum absolute atomic E-state index is 13.6. The summed E-state index contributed by atoms with van der Waals surface area (Å²) in [6, 6.07) is 14.6. The van der Waals surface area contributed by atoms with Crippen LogP contribution in [0.2, 0.25) is 0 Å². The molecule has 4 nitrogen and oxygen atoms in total. The van der Waals surface area contributed by atoms with E-state index in [1.165, 1.54) is 12.1 Å². The fraction of sp³-hybridized carbons (Fsp3) is 0.240. The fourth-order valence-electron chi connectivity index (χ4n) is 4.83. The lowest BCUT2D eigenvalue weighted by Gasteiger charge is -2.27. The average molecular weight is 398 g/mol. The summed E-state index contributed by atoms with van der Waals surface area (Å²) in [6.45, 7) is 1.92. The summed E-state index contributed by atoms with van der Waals surface area (Å²) in [6.07, 6.45) is 7.46. The monoisotopic (exact) mass is 398 g/mol. The third-order valence-corrected chi connectivity index (χ3v) is 6.31. The van der Waals surface area contributed by atoms with Crippen molar-refractivity contribution in [3.05, 3.63) is 100 Å². The standard InChI is InChI=1S/C25H20FN3O/c1-15-12-20(8-4-18(15)14-27)29-25(16-2-6-19(26)7-3-16)23-10-5-17-13-21(30)9-11-22(17)24(23)28-29/h2-4,6-9,11-13,17,23,25H,5,10H2,1H3/p+1/t17?,23-,25-/m1/s1. The Balaban J connectivity index is 1.67. The first-order chi connectivity index (χ1) is 14.5. The zero-order valence-electron chi connectivity index (χ0n) is 16.6. The molecule has 3 atom stereocenters. The lowest BCUT2D eigenvalue weighted by molar-refractivity contribution is -0.548. The molecule has 1 aliphatic heterocycles. The van der Waals surface area contributed by atoms with Gasteiger partial charge in [-0.05, 0) is 78.5 Å². The first kappa shape index (κ1) is 18.5. The van der Waals surface area contributed by atoms with Crippen molar-refractivity contribution in [1.29, 1.82) is 5.26 Å². The molecule has 5 heteroatoms. The van der Waals surface area contributed by atoms with Crippen LogP contribution in [-0.2, 0) is 0 Å². The Kier molecular flexibility index (Phi) is 4.36. The molecule has 2 aliphatic carbocycles. The van der Waals surface area contributed by atoms with Gasteiger partial charge in [-0.25, -0.2) is 4.39 Å². The second-order valence-electron chi connectivity index (χ2n) is 8.11. The summed E-state index contributed by atoms with van der Waals surface area (Å²) in [5, 5.41) is 24.2. The van der Waals surface area contributed by atoms with Crippen molar-refractivity contribution in [2.45, 2.75) is 25.8 Å². The smallest absolute Gasteiger partial charge is 0.233 e. The molecule has 0 saturated heterocycles. The number of hydrogen-bond acceptors (Lipinski definition) is 3. The Morgan fingerprint density at radius 2 is 1.93 bits per heavy atom. The lowest BCUT2D eigenvalue weighted by Crippen LogP contribution is -2.23. The molecule has 3 aliphatic rings. The number of benzene rings is 2. The Labute approximate surface area is 174 Å². The van der Waals surface area contributed by atoms with Gasteiger partial charge in [0.2, 0.25) is 11.7 Å². The third kappa shape index (κ3) is 2.96. The van der Waals surface area contributed by atoms with E-state index in [0.29, 0.717) is 11.3 Å². The minimum absolute atomic E-state index is 0.0470. The maximum Gasteiger partial charge on any atom is 0.233 e. The summed E-state index contributed by atoms with van der Waals surface area (Å²) in [5.41, 5.74) is 5.65. The molecule has 0 bridgehead atoms. The van der Waals surface area contributed by atoms with Crippen molar-refractivity contribution >= 4 is 5.69 Å². The molecule has 0 aromatic heterocycles. The molecule has 0 radical (unpaired) electrons. The Morgan fingerprint density at radius 1 is 1.13 bits per heavy atom. The highest BCUT2D eigenvalue weighted by Gasteiger charge is 2.48. The topological polar surface area (TPSA) is 59.4 Å². The van der Waals surface area contributed by atoms with Crippen molar-refractivity contribution in [3.63, 3.8) is 0 Å². The number of fused-ring (bicyclic) bond motifs is 2. The molecule has 0 spiro atoms. The van der Waals surface area contributed by atoms with E-state index in [-0.39, 0.29) is 23.7 Å². The van der Waals surface area contributed by atoms with Crippen molar-refractivity contribution in [2.75, 3.05) is 0 Å². The highest BCUT2D eigenvalue weighted by atomic mass is 19.1. The molecule has 148 valence electrons. The van der Waals surface area contributed by atoms with Crippen molar-refractivity contribution in [2.24, 2.45) is 17.0 Å². The van der Waals surface area contributed by atoms with Gasteiger partial charge in [-0.15, -0.1) is 0 Å². The second-order valence-corrected chi connectivity index (χ2v) is 8.11. The van der Waals surface area contributed by atoms with Gasteiger partial charge < -0.3 is 5.11 Å². The number of aliphatic hydroxyl groups is 1. The molecular weight excluding hydrogens is 377 g/mol. The van der Waals surface area contributed by atoms with Crippen LogP contribution in [-0.4, -0.2) is 9.80 Å². The molecule has 1 N–H and O–H groups in total. The quantitative estimate of drug-likeness (QED) is 0.617. The predicted molar refractivity (Wildman–Crippen MR) is 110 cm³/mol. The van der Waals surface area contributed by atoms with E-state index < -0.39 is 0 Å². The summed E-state index contributed by atoms with van der Waals surface area (Å²) in [5.74, 6) is 0.389. The van der Waals surface area contributed by atoms with Crippen LogP contribution >= 0.6 is 0 Å². The van der Waals surface area contributed by atoms with Gasteiger partial charge >= 0.3 is 0 Å². The molecule has 1 heterocycles. The van der Waals surface area contributed by atoms with Gasteiger partial charge in [-0.2, -0.15) is 5.26 Å². The number of rotatable bonds is 2.